The van der Waals surface area contributed by atoms with Gasteiger partial charge in [-0.1, -0.05) is 26.2 Å². The van der Waals surface area contributed by atoms with E-state index in [2.05, 4.69) is 22.0 Å². The van der Waals surface area contributed by atoms with Crippen molar-refractivity contribution < 1.29 is 9.53 Å². The Balaban J connectivity index is 1.80. The highest BCUT2D eigenvalue weighted by atomic mass is 16.5. The summed E-state index contributed by atoms with van der Waals surface area (Å²) in [6.07, 6.45) is 8.29. The fourth-order valence-electron chi connectivity index (χ4n) is 3.00. The molecule has 2 unspecified atom stereocenters. The minimum Gasteiger partial charge on any atom is -0.464 e. The highest BCUT2D eigenvalue weighted by Crippen LogP contribution is 2.30. The van der Waals surface area contributed by atoms with E-state index in [1.807, 2.05) is 6.07 Å². The Labute approximate surface area is 120 Å². The molecule has 1 aliphatic rings. The highest BCUT2D eigenvalue weighted by Gasteiger charge is 2.18. The van der Waals surface area contributed by atoms with Crippen LogP contribution in [0, 0.1) is 11.8 Å². The van der Waals surface area contributed by atoms with Crippen LogP contribution in [0.1, 0.15) is 49.5 Å². The highest BCUT2D eigenvalue weighted by molar-refractivity contribution is 5.88. The van der Waals surface area contributed by atoms with Crippen LogP contribution in [0.4, 0.5) is 5.69 Å². The zero-order valence-corrected chi connectivity index (χ0v) is 12.4. The number of hydrogen-bond acceptors (Lipinski definition) is 4. The van der Waals surface area contributed by atoms with Crippen LogP contribution in [-0.4, -0.2) is 24.6 Å². The van der Waals surface area contributed by atoms with Gasteiger partial charge in [0.05, 0.1) is 7.11 Å². The van der Waals surface area contributed by atoms with Crippen molar-refractivity contribution in [3.63, 3.8) is 0 Å². The minimum atomic E-state index is -0.394. The smallest absolute Gasteiger partial charge is 0.356 e. The van der Waals surface area contributed by atoms with Crippen molar-refractivity contribution in [2.75, 3.05) is 19.0 Å². The van der Waals surface area contributed by atoms with Gasteiger partial charge in [-0.3, -0.25) is 0 Å². The first kappa shape index (κ1) is 14.8. The molecule has 1 N–H and O–H groups in total. The van der Waals surface area contributed by atoms with Gasteiger partial charge in [0.2, 0.25) is 0 Å². The molecule has 2 rings (SSSR count). The molecule has 0 saturated heterocycles. The molecule has 1 aromatic rings. The van der Waals surface area contributed by atoms with Crippen LogP contribution in [0.15, 0.2) is 18.3 Å². The fraction of sp³-hybridized carbons (Fsp3) is 0.625. The summed E-state index contributed by atoms with van der Waals surface area (Å²) in [7, 11) is 1.37. The van der Waals surface area contributed by atoms with E-state index in [0.717, 1.165) is 24.1 Å². The molecule has 1 saturated carbocycles. The summed E-state index contributed by atoms with van der Waals surface area (Å²) in [6, 6.07) is 3.63. The number of hydrogen-bond donors (Lipinski definition) is 1. The maximum Gasteiger partial charge on any atom is 0.356 e. The van der Waals surface area contributed by atoms with Crippen molar-refractivity contribution in [2.24, 2.45) is 11.8 Å². The first-order valence-corrected chi connectivity index (χ1v) is 7.47. The zero-order chi connectivity index (χ0) is 14.4. The molecular weight excluding hydrogens is 252 g/mol. The Hall–Kier alpha value is -1.58. The number of pyridine rings is 1. The first-order chi connectivity index (χ1) is 9.69. The van der Waals surface area contributed by atoms with Crippen LogP contribution in [0.25, 0.3) is 0 Å². The standard InChI is InChI=1S/C16H24N2O2/c1-12-4-3-5-13(10-12)6-8-17-14-7-9-18-15(11-14)16(19)20-2/h7,9,11-13H,3-6,8,10H2,1-2H3,(H,17,18). The second-order valence-electron chi connectivity index (χ2n) is 5.77. The van der Waals surface area contributed by atoms with Crippen LogP contribution >= 0.6 is 0 Å². The summed E-state index contributed by atoms with van der Waals surface area (Å²) < 4.78 is 4.67. The van der Waals surface area contributed by atoms with Crippen LogP contribution < -0.4 is 5.32 Å². The second-order valence-corrected chi connectivity index (χ2v) is 5.77. The number of ether oxygens (including phenoxy) is 1. The predicted molar refractivity (Wildman–Crippen MR) is 79.8 cm³/mol. The first-order valence-electron chi connectivity index (χ1n) is 7.47. The Morgan fingerprint density at radius 1 is 1.50 bits per heavy atom. The molecule has 0 aromatic carbocycles. The zero-order valence-electron chi connectivity index (χ0n) is 12.4. The number of nitrogens with zero attached hydrogens (tertiary/aromatic N) is 1. The molecule has 4 nitrogen and oxygen atoms in total. The van der Waals surface area contributed by atoms with Gasteiger partial charge in [0.25, 0.3) is 0 Å². The maximum absolute atomic E-state index is 11.4. The Kier molecular flexibility index (Phi) is 5.39. The predicted octanol–water partition coefficient (Wildman–Crippen LogP) is 3.50. The summed E-state index contributed by atoms with van der Waals surface area (Å²) in [4.78, 5) is 15.4. The normalized spacial score (nSPS) is 22.3. The van der Waals surface area contributed by atoms with E-state index in [1.165, 1.54) is 39.2 Å². The van der Waals surface area contributed by atoms with Crippen molar-refractivity contribution in [2.45, 2.75) is 39.0 Å². The van der Waals surface area contributed by atoms with E-state index < -0.39 is 5.97 Å². The number of rotatable bonds is 5. The summed E-state index contributed by atoms with van der Waals surface area (Å²) in [6.45, 7) is 3.30. The molecule has 0 spiro atoms. The maximum atomic E-state index is 11.4. The van der Waals surface area contributed by atoms with Gasteiger partial charge in [-0.05, 0) is 36.8 Å². The SMILES string of the molecule is COC(=O)c1cc(NCCC2CCCC(C)C2)ccn1. The summed E-state index contributed by atoms with van der Waals surface area (Å²) in [5, 5.41) is 3.38. The van der Waals surface area contributed by atoms with Crippen LogP contribution in [0.5, 0.6) is 0 Å². The van der Waals surface area contributed by atoms with Gasteiger partial charge in [0.15, 0.2) is 0 Å². The lowest BCUT2D eigenvalue weighted by atomic mass is 9.81. The Morgan fingerprint density at radius 2 is 2.35 bits per heavy atom. The lowest BCUT2D eigenvalue weighted by Gasteiger charge is -2.26. The summed E-state index contributed by atoms with van der Waals surface area (Å²) in [5.41, 5.74) is 1.29. The van der Waals surface area contributed by atoms with Crippen molar-refractivity contribution in [1.82, 2.24) is 4.98 Å². The number of carbonyl (C=O) groups is 1. The number of esters is 1. The Bertz CT molecular complexity index is 448. The van der Waals surface area contributed by atoms with E-state index in [9.17, 15) is 4.79 Å². The third-order valence-corrected chi connectivity index (χ3v) is 4.08. The number of anilines is 1. The molecule has 2 atom stereocenters. The second kappa shape index (κ2) is 7.27. The Morgan fingerprint density at radius 3 is 3.10 bits per heavy atom. The molecule has 1 aromatic heterocycles. The lowest BCUT2D eigenvalue weighted by molar-refractivity contribution is 0.0594. The molecule has 0 bridgehead atoms. The summed E-state index contributed by atoms with van der Waals surface area (Å²) >= 11 is 0. The van der Waals surface area contributed by atoms with Gasteiger partial charge < -0.3 is 10.1 Å². The largest absolute Gasteiger partial charge is 0.464 e. The van der Waals surface area contributed by atoms with E-state index in [-0.39, 0.29) is 0 Å². The van der Waals surface area contributed by atoms with E-state index in [4.69, 9.17) is 0 Å². The number of methoxy groups -OCH3 is 1. The van der Waals surface area contributed by atoms with Crippen LogP contribution in [-0.2, 0) is 4.74 Å². The topological polar surface area (TPSA) is 51.2 Å². The average molecular weight is 276 g/mol. The molecule has 0 radical (unpaired) electrons. The van der Waals surface area contributed by atoms with Gasteiger partial charge in [0, 0.05) is 18.4 Å². The molecule has 110 valence electrons. The molecule has 1 aliphatic carbocycles. The van der Waals surface area contributed by atoms with Gasteiger partial charge in [-0.25, -0.2) is 9.78 Å². The third-order valence-electron chi connectivity index (χ3n) is 4.08. The number of nitrogens with one attached hydrogen (secondary N) is 1. The fourth-order valence-corrected chi connectivity index (χ4v) is 3.00. The molecule has 0 aliphatic heterocycles. The summed E-state index contributed by atoms with van der Waals surface area (Å²) in [5.74, 6) is 1.32. The van der Waals surface area contributed by atoms with Gasteiger partial charge in [0.1, 0.15) is 5.69 Å². The average Bonchev–Trinajstić information content (AvgIpc) is 2.47. The molecule has 4 heteroatoms. The van der Waals surface area contributed by atoms with E-state index in [0.29, 0.717) is 5.69 Å². The van der Waals surface area contributed by atoms with Gasteiger partial charge in [-0.15, -0.1) is 0 Å². The van der Waals surface area contributed by atoms with Crippen molar-refractivity contribution in [1.29, 1.82) is 0 Å². The van der Waals surface area contributed by atoms with E-state index >= 15 is 0 Å². The van der Waals surface area contributed by atoms with Gasteiger partial charge in [-0.2, -0.15) is 0 Å². The molecular formula is C16H24N2O2. The van der Waals surface area contributed by atoms with Crippen molar-refractivity contribution >= 4 is 11.7 Å². The third kappa shape index (κ3) is 4.22. The van der Waals surface area contributed by atoms with Crippen LogP contribution in [0.3, 0.4) is 0 Å². The van der Waals surface area contributed by atoms with Gasteiger partial charge >= 0.3 is 5.97 Å². The van der Waals surface area contributed by atoms with Crippen molar-refractivity contribution in [3.8, 4) is 0 Å². The van der Waals surface area contributed by atoms with E-state index in [1.54, 1.807) is 12.3 Å². The molecule has 0 amide bonds. The van der Waals surface area contributed by atoms with Crippen molar-refractivity contribution in [3.05, 3.63) is 24.0 Å². The monoisotopic (exact) mass is 276 g/mol. The number of aromatic nitrogens is 1. The molecule has 1 heterocycles. The molecule has 20 heavy (non-hydrogen) atoms. The van der Waals surface area contributed by atoms with Crippen LogP contribution in [0.2, 0.25) is 0 Å². The quantitative estimate of drug-likeness (QED) is 0.836. The lowest BCUT2D eigenvalue weighted by Crippen LogP contribution is -2.16. The minimum absolute atomic E-state index is 0.351. The number of carbonyl (C=O) groups excluding carboxylic acids is 1. The molecule has 1 fully saturated rings.